The summed E-state index contributed by atoms with van der Waals surface area (Å²) in [4.78, 5) is 12.0. The summed E-state index contributed by atoms with van der Waals surface area (Å²) in [5, 5.41) is 10.8. The molecule has 1 unspecified atom stereocenters. The lowest BCUT2D eigenvalue weighted by Gasteiger charge is -2.38. The Morgan fingerprint density at radius 3 is 2.40 bits per heavy atom. The fourth-order valence-corrected chi connectivity index (χ4v) is 1.97. The Morgan fingerprint density at radius 2 is 1.85 bits per heavy atom. The van der Waals surface area contributed by atoms with Crippen molar-refractivity contribution in [3.8, 4) is 5.75 Å². The number of benzene rings is 1. The molecule has 1 aromatic carbocycles. The van der Waals surface area contributed by atoms with Crippen molar-refractivity contribution >= 4 is 5.97 Å². The quantitative estimate of drug-likeness (QED) is 0.814. The summed E-state index contributed by atoms with van der Waals surface area (Å²) in [6.07, 6.45) is 0.308. The molecule has 0 fully saturated rings. The van der Waals surface area contributed by atoms with Gasteiger partial charge in [-0.2, -0.15) is 0 Å². The van der Waals surface area contributed by atoms with Crippen LogP contribution >= 0.6 is 0 Å². The summed E-state index contributed by atoms with van der Waals surface area (Å²) in [6, 6.07) is 7.47. The number of hydrogen-bond acceptors (Lipinski definition) is 4. The molecule has 112 valence electrons. The van der Waals surface area contributed by atoms with Crippen LogP contribution in [0.3, 0.4) is 0 Å². The second-order valence-electron chi connectivity index (χ2n) is 5.61. The van der Waals surface area contributed by atoms with Gasteiger partial charge in [0.2, 0.25) is 0 Å². The van der Waals surface area contributed by atoms with E-state index in [-0.39, 0.29) is 0 Å². The first-order chi connectivity index (χ1) is 9.26. The molecule has 0 bridgehead atoms. The molecule has 0 saturated heterocycles. The second-order valence-corrected chi connectivity index (χ2v) is 5.61. The highest BCUT2D eigenvalue weighted by Crippen LogP contribution is 2.36. The molecule has 0 amide bonds. The Balaban J connectivity index is 3.01. The summed E-state index contributed by atoms with van der Waals surface area (Å²) < 4.78 is 10.3. The van der Waals surface area contributed by atoms with Gasteiger partial charge in [0.25, 0.3) is 0 Å². The third-order valence-electron chi connectivity index (χ3n) is 3.86. The van der Waals surface area contributed by atoms with Gasteiger partial charge in [0.1, 0.15) is 5.75 Å². The minimum absolute atomic E-state index is 0.299. The molecule has 1 atom stereocenters. The standard InChI is InChI=1S/C16H24O4/c1-6-20-14(17)15(2,3)16(4,18)11-12-9-7-8-10-13(12)19-5/h7-10,18H,6,11H2,1-5H3. The smallest absolute Gasteiger partial charge is 0.314 e. The van der Waals surface area contributed by atoms with E-state index < -0.39 is 17.0 Å². The molecule has 4 heteroatoms. The number of esters is 1. The molecule has 1 N–H and O–H groups in total. The van der Waals surface area contributed by atoms with E-state index in [2.05, 4.69) is 0 Å². The van der Waals surface area contributed by atoms with Crippen LogP contribution in [0, 0.1) is 5.41 Å². The average molecular weight is 280 g/mol. The predicted octanol–water partition coefficient (Wildman–Crippen LogP) is 2.58. The monoisotopic (exact) mass is 280 g/mol. The summed E-state index contributed by atoms with van der Waals surface area (Å²) in [5.41, 5.74) is -1.39. The first-order valence-corrected chi connectivity index (χ1v) is 6.77. The second kappa shape index (κ2) is 6.27. The minimum Gasteiger partial charge on any atom is -0.496 e. The SMILES string of the molecule is CCOC(=O)C(C)(C)C(C)(O)Cc1ccccc1OC. The van der Waals surface area contributed by atoms with Gasteiger partial charge in [0, 0.05) is 6.42 Å². The highest BCUT2D eigenvalue weighted by molar-refractivity contribution is 5.77. The van der Waals surface area contributed by atoms with Crippen LogP contribution < -0.4 is 4.74 Å². The topological polar surface area (TPSA) is 55.8 Å². The van der Waals surface area contributed by atoms with E-state index in [0.29, 0.717) is 18.8 Å². The molecule has 20 heavy (non-hydrogen) atoms. The van der Waals surface area contributed by atoms with Crippen molar-refractivity contribution in [3.63, 3.8) is 0 Å². The molecular formula is C16H24O4. The lowest BCUT2D eigenvalue weighted by Crippen LogP contribution is -2.49. The van der Waals surface area contributed by atoms with Gasteiger partial charge in [-0.3, -0.25) is 4.79 Å². The zero-order chi connectivity index (χ0) is 15.4. The lowest BCUT2D eigenvalue weighted by molar-refractivity contribution is -0.168. The van der Waals surface area contributed by atoms with Crippen molar-refractivity contribution in [3.05, 3.63) is 29.8 Å². The van der Waals surface area contributed by atoms with Crippen molar-refractivity contribution in [1.29, 1.82) is 0 Å². The maximum absolute atomic E-state index is 12.0. The van der Waals surface area contributed by atoms with Gasteiger partial charge in [0.05, 0.1) is 24.7 Å². The molecule has 0 aromatic heterocycles. The van der Waals surface area contributed by atoms with Crippen LogP contribution in [0.5, 0.6) is 5.75 Å². The summed E-state index contributed by atoms with van der Waals surface area (Å²) in [5.74, 6) is 0.298. The van der Waals surface area contributed by atoms with Gasteiger partial charge < -0.3 is 14.6 Å². The number of carbonyl (C=O) groups excluding carboxylic acids is 1. The largest absolute Gasteiger partial charge is 0.496 e. The maximum Gasteiger partial charge on any atom is 0.314 e. The van der Waals surface area contributed by atoms with Gasteiger partial charge in [-0.1, -0.05) is 18.2 Å². The van der Waals surface area contributed by atoms with E-state index in [9.17, 15) is 9.90 Å². The van der Waals surface area contributed by atoms with Gasteiger partial charge in [-0.05, 0) is 39.3 Å². The first-order valence-electron chi connectivity index (χ1n) is 6.77. The first kappa shape index (κ1) is 16.5. The molecule has 0 saturated carbocycles. The molecular weight excluding hydrogens is 256 g/mol. The Bertz CT molecular complexity index is 463. The van der Waals surface area contributed by atoms with E-state index in [4.69, 9.17) is 9.47 Å². The van der Waals surface area contributed by atoms with E-state index in [1.165, 1.54) is 0 Å². The summed E-state index contributed by atoms with van der Waals surface area (Å²) >= 11 is 0. The molecule has 4 nitrogen and oxygen atoms in total. The predicted molar refractivity (Wildman–Crippen MR) is 77.7 cm³/mol. The van der Waals surface area contributed by atoms with Crippen LogP contribution in [0.2, 0.25) is 0 Å². The van der Waals surface area contributed by atoms with Crippen LogP contribution in [0.1, 0.15) is 33.3 Å². The molecule has 0 aliphatic rings. The Kier molecular flexibility index (Phi) is 5.17. The molecule has 1 aromatic rings. The van der Waals surface area contributed by atoms with Crippen LogP contribution in [-0.2, 0) is 16.0 Å². The fraction of sp³-hybridized carbons (Fsp3) is 0.562. The molecule has 1 rings (SSSR count). The third-order valence-corrected chi connectivity index (χ3v) is 3.86. The van der Waals surface area contributed by atoms with Crippen molar-refractivity contribution in [2.24, 2.45) is 5.41 Å². The van der Waals surface area contributed by atoms with E-state index >= 15 is 0 Å². The Hall–Kier alpha value is -1.55. The lowest BCUT2D eigenvalue weighted by atomic mass is 9.72. The number of para-hydroxylation sites is 1. The molecule has 0 heterocycles. The number of aliphatic hydroxyl groups is 1. The third kappa shape index (κ3) is 3.31. The van der Waals surface area contributed by atoms with Crippen molar-refractivity contribution in [2.75, 3.05) is 13.7 Å². The fourth-order valence-electron chi connectivity index (χ4n) is 1.97. The zero-order valence-corrected chi connectivity index (χ0v) is 12.9. The van der Waals surface area contributed by atoms with E-state index in [0.717, 1.165) is 5.56 Å². The van der Waals surface area contributed by atoms with Crippen molar-refractivity contribution in [1.82, 2.24) is 0 Å². The average Bonchev–Trinajstić information content (AvgIpc) is 2.39. The van der Waals surface area contributed by atoms with E-state index in [1.54, 1.807) is 34.8 Å². The van der Waals surface area contributed by atoms with Crippen LogP contribution in [0.25, 0.3) is 0 Å². The van der Waals surface area contributed by atoms with Crippen molar-refractivity contribution in [2.45, 2.75) is 39.7 Å². The number of ether oxygens (including phenoxy) is 2. The Labute approximate surface area is 120 Å². The van der Waals surface area contributed by atoms with Crippen LogP contribution in [0.15, 0.2) is 24.3 Å². The number of hydrogen-bond donors (Lipinski definition) is 1. The van der Waals surface area contributed by atoms with Gasteiger partial charge in [-0.25, -0.2) is 0 Å². The minimum atomic E-state index is -1.24. The number of carbonyl (C=O) groups is 1. The maximum atomic E-state index is 12.0. The van der Waals surface area contributed by atoms with Gasteiger partial charge in [-0.15, -0.1) is 0 Å². The normalized spacial score (nSPS) is 14.5. The summed E-state index contributed by atoms with van der Waals surface area (Å²) in [7, 11) is 1.59. The highest BCUT2D eigenvalue weighted by atomic mass is 16.5. The highest BCUT2D eigenvalue weighted by Gasteiger charge is 2.46. The molecule has 0 radical (unpaired) electrons. The van der Waals surface area contributed by atoms with Gasteiger partial charge in [0.15, 0.2) is 0 Å². The van der Waals surface area contributed by atoms with Crippen LogP contribution in [-0.4, -0.2) is 30.4 Å². The van der Waals surface area contributed by atoms with E-state index in [1.807, 2.05) is 24.3 Å². The number of rotatable bonds is 6. The number of methoxy groups -OCH3 is 1. The van der Waals surface area contributed by atoms with Crippen LogP contribution in [0.4, 0.5) is 0 Å². The summed E-state index contributed by atoms with van der Waals surface area (Å²) in [6.45, 7) is 7.09. The Morgan fingerprint density at radius 1 is 1.25 bits per heavy atom. The molecule has 0 spiro atoms. The van der Waals surface area contributed by atoms with Gasteiger partial charge >= 0.3 is 5.97 Å². The molecule has 0 aliphatic carbocycles. The van der Waals surface area contributed by atoms with Crippen molar-refractivity contribution < 1.29 is 19.4 Å². The molecule has 0 aliphatic heterocycles. The zero-order valence-electron chi connectivity index (χ0n) is 12.9.